The highest BCUT2D eigenvalue weighted by atomic mass is 14.0. The first-order chi connectivity index (χ1) is 8.74. The fourth-order valence-corrected chi connectivity index (χ4v) is 0.980. The average molecular weight is 252 g/mol. The lowest BCUT2D eigenvalue weighted by molar-refractivity contribution is 1.38. The minimum absolute atomic E-state index is 1.24. The summed E-state index contributed by atoms with van der Waals surface area (Å²) in [6, 6.07) is 6.37. The fourth-order valence-electron chi connectivity index (χ4n) is 0.980. The Balaban J connectivity index is -0.000000105. The Morgan fingerprint density at radius 3 is 1.44 bits per heavy atom. The molecule has 18 heavy (non-hydrogen) atoms. The van der Waals surface area contributed by atoms with Gasteiger partial charge in [-0.05, 0) is 25.0 Å². The van der Waals surface area contributed by atoms with Crippen LogP contribution in [0.1, 0.15) is 72.1 Å². The van der Waals surface area contributed by atoms with Gasteiger partial charge in [-0.3, -0.25) is 0 Å². The molecule has 0 spiro atoms. The molecule has 108 valence electrons. The Morgan fingerprint density at radius 2 is 1.17 bits per heavy atom. The molecule has 1 rings (SSSR count). The van der Waals surface area contributed by atoms with E-state index >= 15 is 0 Å². The molecule has 1 aromatic carbocycles. The molecule has 0 amide bonds. The van der Waals surface area contributed by atoms with Gasteiger partial charge in [0.15, 0.2) is 0 Å². The summed E-state index contributed by atoms with van der Waals surface area (Å²) in [5.41, 5.74) is 3.82. The lowest BCUT2D eigenvalue weighted by atomic mass is 10.1. The third-order valence-corrected chi connectivity index (χ3v) is 1.65. The molecule has 0 saturated heterocycles. The van der Waals surface area contributed by atoms with Crippen molar-refractivity contribution in [3.63, 3.8) is 0 Å². The average Bonchev–Trinajstić information content (AvgIpc) is 2.50. The van der Waals surface area contributed by atoms with E-state index in [-0.39, 0.29) is 0 Å². The van der Waals surface area contributed by atoms with Crippen molar-refractivity contribution in [1.29, 1.82) is 0 Å². The van der Waals surface area contributed by atoms with Gasteiger partial charge in [0.1, 0.15) is 0 Å². The van der Waals surface area contributed by atoms with E-state index < -0.39 is 0 Å². The van der Waals surface area contributed by atoms with Crippen molar-refractivity contribution < 1.29 is 0 Å². The van der Waals surface area contributed by atoms with Gasteiger partial charge in [0.25, 0.3) is 0 Å². The fraction of sp³-hybridized carbons (Fsp3) is 0.556. The quantitative estimate of drug-likeness (QED) is 0.502. The van der Waals surface area contributed by atoms with Gasteiger partial charge in [-0.2, -0.15) is 0 Å². The smallest absolute Gasteiger partial charge is 0.0231 e. The molecule has 0 aliphatic carbocycles. The highest BCUT2D eigenvalue weighted by Crippen LogP contribution is 2.10. The SMILES string of the molecule is C=Cc1cc(C)ccc1C.CC.CC.CC.CC. The lowest BCUT2D eigenvalue weighted by Gasteiger charge is -1.99. The predicted octanol–water partition coefficient (Wildman–Crippen LogP) is 7.05. The van der Waals surface area contributed by atoms with Gasteiger partial charge in [-0.15, -0.1) is 0 Å². The van der Waals surface area contributed by atoms with Crippen molar-refractivity contribution in [3.8, 4) is 0 Å². The maximum absolute atomic E-state index is 3.73. The molecular formula is C18H36. The molecule has 0 aromatic heterocycles. The van der Waals surface area contributed by atoms with E-state index in [0.29, 0.717) is 0 Å². The summed E-state index contributed by atoms with van der Waals surface area (Å²) in [4.78, 5) is 0. The number of benzene rings is 1. The van der Waals surface area contributed by atoms with Crippen molar-refractivity contribution >= 4 is 6.08 Å². The second-order valence-electron chi connectivity index (χ2n) is 2.56. The van der Waals surface area contributed by atoms with E-state index in [0.717, 1.165) is 0 Å². The van der Waals surface area contributed by atoms with Crippen molar-refractivity contribution in [2.75, 3.05) is 0 Å². The van der Waals surface area contributed by atoms with Crippen molar-refractivity contribution in [3.05, 3.63) is 41.5 Å². The van der Waals surface area contributed by atoms with E-state index in [2.05, 4.69) is 38.6 Å². The number of hydrogen-bond donors (Lipinski definition) is 0. The molecule has 0 heterocycles. The van der Waals surface area contributed by atoms with E-state index in [1.54, 1.807) is 0 Å². The van der Waals surface area contributed by atoms with Gasteiger partial charge in [-0.25, -0.2) is 0 Å². The molecule has 0 bridgehead atoms. The maximum atomic E-state index is 3.73. The lowest BCUT2D eigenvalue weighted by Crippen LogP contribution is -1.80. The summed E-state index contributed by atoms with van der Waals surface area (Å²) >= 11 is 0. The van der Waals surface area contributed by atoms with Gasteiger partial charge in [0.2, 0.25) is 0 Å². The molecule has 1 aromatic rings. The largest absolute Gasteiger partial charge is 0.0985 e. The third-order valence-electron chi connectivity index (χ3n) is 1.65. The van der Waals surface area contributed by atoms with Crippen molar-refractivity contribution in [2.24, 2.45) is 0 Å². The number of rotatable bonds is 1. The van der Waals surface area contributed by atoms with Gasteiger partial charge in [0.05, 0.1) is 0 Å². The Labute approximate surface area is 117 Å². The Morgan fingerprint density at radius 1 is 0.778 bits per heavy atom. The molecule has 0 aliphatic rings. The molecule has 0 saturated carbocycles. The van der Waals surface area contributed by atoms with Crippen LogP contribution in [0.4, 0.5) is 0 Å². The van der Waals surface area contributed by atoms with Crippen LogP contribution in [-0.4, -0.2) is 0 Å². The minimum Gasteiger partial charge on any atom is -0.0985 e. The van der Waals surface area contributed by atoms with Gasteiger partial charge in [-0.1, -0.05) is 91.8 Å². The molecule has 0 heteroatoms. The normalized spacial score (nSPS) is 6.56. The van der Waals surface area contributed by atoms with Gasteiger partial charge in [0, 0.05) is 0 Å². The highest BCUT2D eigenvalue weighted by Gasteiger charge is 1.91. The zero-order chi connectivity index (χ0) is 15.6. The summed E-state index contributed by atoms with van der Waals surface area (Å²) < 4.78 is 0. The third kappa shape index (κ3) is 15.0. The minimum atomic E-state index is 1.24. The summed E-state index contributed by atoms with van der Waals surface area (Å²) in [5.74, 6) is 0. The van der Waals surface area contributed by atoms with E-state index in [1.807, 2.05) is 61.5 Å². The zero-order valence-electron chi connectivity index (χ0n) is 14.5. The van der Waals surface area contributed by atoms with Crippen LogP contribution in [0, 0.1) is 13.8 Å². The summed E-state index contributed by atoms with van der Waals surface area (Å²) in [6.45, 7) is 23.9. The van der Waals surface area contributed by atoms with Crippen LogP contribution < -0.4 is 0 Å². The Bertz CT molecular complexity index is 246. The molecule has 0 N–H and O–H groups in total. The molecule has 0 radical (unpaired) electrons. The van der Waals surface area contributed by atoms with E-state index in [1.165, 1.54) is 16.7 Å². The topological polar surface area (TPSA) is 0 Å². The Hall–Kier alpha value is -1.04. The molecule has 0 nitrogen and oxygen atoms in total. The van der Waals surface area contributed by atoms with Crippen molar-refractivity contribution in [1.82, 2.24) is 0 Å². The molecule has 0 unspecified atom stereocenters. The summed E-state index contributed by atoms with van der Waals surface area (Å²) in [7, 11) is 0. The highest BCUT2D eigenvalue weighted by molar-refractivity contribution is 5.52. The zero-order valence-corrected chi connectivity index (χ0v) is 14.5. The van der Waals surface area contributed by atoms with Crippen molar-refractivity contribution in [2.45, 2.75) is 69.2 Å². The summed E-state index contributed by atoms with van der Waals surface area (Å²) in [6.07, 6.45) is 1.89. The number of aryl methyl sites for hydroxylation is 2. The van der Waals surface area contributed by atoms with Gasteiger partial charge < -0.3 is 0 Å². The predicted molar refractivity (Wildman–Crippen MR) is 91.4 cm³/mol. The van der Waals surface area contributed by atoms with Crippen LogP contribution in [0.25, 0.3) is 6.08 Å². The van der Waals surface area contributed by atoms with Crippen LogP contribution in [-0.2, 0) is 0 Å². The first kappa shape index (κ1) is 25.7. The second kappa shape index (κ2) is 25.0. The van der Waals surface area contributed by atoms with Crippen LogP contribution >= 0.6 is 0 Å². The molecule has 0 aliphatic heterocycles. The first-order valence-electron chi connectivity index (χ1n) is 7.43. The van der Waals surface area contributed by atoms with E-state index in [9.17, 15) is 0 Å². The molecular weight excluding hydrogens is 216 g/mol. The van der Waals surface area contributed by atoms with E-state index in [4.69, 9.17) is 0 Å². The summed E-state index contributed by atoms with van der Waals surface area (Å²) in [5, 5.41) is 0. The standard InChI is InChI=1S/C10H12.4C2H6/c1-4-10-7-8(2)5-6-9(10)3;4*1-2/h4-7H,1H2,2-3H3;4*1-2H3. The molecule has 0 atom stereocenters. The number of hydrogen-bond acceptors (Lipinski definition) is 0. The maximum Gasteiger partial charge on any atom is -0.0231 e. The van der Waals surface area contributed by atoms with Gasteiger partial charge >= 0.3 is 0 Å². The van der Waals surface area contributed by atoms with Crippen LogP contribution in [0.15, 0.2) is 24.8 Å². The monoisotopic (exact) mass is 252 g/mol. The Kier molecular flexibility index (Phi) is 35.7. The first-order valence-corrected chi connectivity index (χ1v) is 7.43. The molecule has 0 fully saturated rings. The van der Waals surface area contributed by atoms with Crippen LogP contribution in [0.5, 0.6) is 0 Å². The van der Waals surface area contributed by atoms with Crippen LogP contribution in [0.2, 0.25) is 0 Å². The van der Waals surface area contributed by atoms with Crippen LogP contribution in [0.3, 0.4) is 0 Å². The second-order valence-corrected chi connectivity index (χ2v) is 2.56.